The van der Waals surface area contributed by atoms with E-state index in [4.69, 9.17) is 5.73 Å². The maximum absolute atomic E-state index is 11.1. The maximum Gasteiger partial charge on any atom is 0.0861 e. The van der Waals surface area contributed by atoms with Crippen molar-refractivity contribution >= 4 is 0 Å². The first-order valence-electron chi connectivity index (χ1n) is 8.13. The van der Waals surface area contributed by atoms with Crippen LogP contribution in [0.4, 0.5) is 0 Å². The second-order valence-electron chi connectivity index (χ2n) is 7.07. The topological polar surface area (TPSA) is 46.2 Å². The molecule has 2 aliphatic rings. The van der Waals surface area contributed by atoms with Gasteiger partial charge in [0.1, 0.15) is 0 Å². The molecule has 0 bridgehead atoms. The highest BCUT2D eigenvalue weighted by molar-refractivity contribution is 5.36. The Labute approximate surface area is 122 Å². The average Bonchev–Trinajstić information content (AvgIpc) is 3.31. The molecule has 2 aliphatic carbocycles. The van der Waals surface area contributed by atoms with Crippen LogP contribution in [-0.4, -0.2) is 11.7 Å². The van der Waals surface area contributed by atoms with Gasteiger partial charge in [0, 0.05) is 12.0 Å². The van der Waals surface area contributed by atoms with Gasteiger partial charge in [0.05, 0.1) is 6.10 Å². The molecule has 2 fully saturated rings. The molecule has 20 heavy (non-hydrogen) atoms. The molecule has 110 valence electrons. The minimum absolute atomic E-state index is 0.108. The van der Waals surface area contributed by atoms with Crippen molar-refractivity contribution in [2.24, 2.45) is 17.1 Å². The van der Waals surface area contributed by atoms with E-state index in [2.05, 4.69) is 31.2 Å². The van der Waals surface area contributed by atoms with E-state index in [1.165, 1.54) is 31.2 Å². The summed E-state index contributed by atoms with van der Waals surface area (Å²) in [5.41, 5.74) is 8.53. The van der Waals surface area contributed by atoms with Crippen LogP contribution in [0, 0.1) is 11.3 Å². The van der Waals surface area contributed by atoms with Gasteiger partial charge in [0.25, 0.3) is 0 Å². The minimum atomic E-state index is -0.396. The molecule has 0 radical (unpaired) electrons. The Morgan fingerprint density at radius 2 is 2.05 bits per heavy atom. The summed E-state index contributed by atoms with van der Waals surface area (Å²) >= 11 is 0. The highest BCUT2D eigenvalue weighted by Gasteiger charge is 2.42. The number of benzene rings is 1. The molecule has 3 N–H and O–H groups in total. The Morgan fingerprint density at radius 1 is 1.30 bits per heavy atom. The first-order valence-corrected chi connectivity index (χ1v) is 8.13. The molecule has 0 aliphatic heterocycles. The zero-order valence-electron chi connectivity index (χ0n) is 12.5. The Balaban J connectivity index is 1.92. The molecule has 1 aromatic rings. The van der Waals surface area contributed by atoms with E-state index in [0.29, 0.717) is 18.4 Å². The van der Waals surface area contributed by atoms with Crippen molar-refractivity contribution < 1.29 is 5.11 Å². The predicted octanol–water partition coefficient (Wildman–Crippen LogP) is 3.75. The molecule has 2 nitrogen and oxygen atoms in total. The van der Waals surface area contributed by atoms with Gasteiger partial charge in [-0.05, 0) is 48.6 Å². The highest BCUT2D eigenvalue weighted by atomic mass is 16.3. The molecular weight excluding hydrogens is 246 g/mol. The number of rotatable bonds is 4. The Morgan fingerprint density at radius 3 is 2.70 bits per heavy atom. The molecule has 1 aromatic carbocycles. The van der Waals surface area contributed by atoms with Crippen molar-refractivity contribution in [3.63, 3.8) is 0 Å². The molecule has 0 spiro atoms. The fourth-order valence-electron chi connectivity index (χ4n) is 4.10. The number of aliphatic hydroxyl groups is 1. The van der Waals surface area contributed by atoms with Gasteiger partial charge < -0.3 is 10.8 Å². The molecule has 0 heterocycles. The molecule has 2 saturated carbocycles. The van der Waals surface area contributed by atoms with E-state index in [1.54, 1.807) is 0 Å². The quantitative estimate of drug-likeness (QED) is 0.877. The summed E-state index contributed by atoms with van der Waals surface area (Å²) in [6, 6.07) is 8.48. The molecule has 2 heteroatoms. The monoisotopic (exact) mass is 273 g/mol. The number of nitrogens with two attached hydrogens (primary N) is 1. The summed E-state index contributed by atoms with van der Waals surface area (Å²) < 4.78 is 0. The van der Waals surface area contributed by atoms with Gasteiger partial charge in [-0.15, -0.1) is 0 Å². The second-order valence-corrected chi connectivity index (χ2v) is 7.07. The van der Waals surface area contributed by atoms with Crippen LogP contribution in [0.2, 0.25) is 0 Å². The van der Waals surface area contributed by atoms with Gasteiger partial charge in [-0.1, -0.05) is 44.0 Å². The van der Waals surface area contributed by atoms with E-state index in [9.17, 15) is 5.11 Å². The fraction of sp³-hybridized carbons (Fsp3) is 0.667. The van der Waals surface area contributed by atoms with Crippen LogP contribution in [0.3, 0.4) is 0 Å². The molecule has 3 rings (SSSR count). The lowest BCUT2D eigenvalue weighted by Gasteiger charge is -2.43. The molecule has 3 atom stereocenters. The molecule has 3 unspecified atom stereocenters. The Bertz CT molecular complexity index is 468. The predicted molar refractivity (Wildman–Crippen MR) is 82.5 cm³/mol. The Kier molecular flexibility index (Phi) is 3.87. The first kappa shape index (κ1) is 14.1. The standard InChI is InChI=1S/C18H27NO/c1-13-5-4-10-18(11-13,12-19)17(20)16-7-3-2-6-15(16)14-8-9-14/h2-3,6-7,13-14,17,20H,4-5,8-12,19H2,1H3. The number of hydrogen-bond donors (Lipinski definition) is 2. The van der Waals surface area contributed by atoms with E-state index < -0.39 is 6.10 Å². The minimum Gasteiger partial charge on any atom is -0.388 e. The van der Waals surface area contributed by atoms with Gasteiger partial charge in [0.15, 0.2) is 0 Å². The number of aliphatic hydroxyl groups excluding tert-OH is 1. The van der Waals surface area contributed by atoms with Gasteiger partial charge in [-0.25, -0.2) is 0 Å². The molecule has 0 amide bonds. The van der Waals surface area contributed by atoms with Crippen LogP contribution in [-0.2, 0) is 0 Å². The van der Waals surface area contributed by atoms with Crippen molar-refractivity contribution in [3.05, 3.63) is 35.4 Å². The van der Waals surface area contributed by atoms with Gasteiger partial charge in [0.2, 0.25) is 0 Å². The third-order valence-corrected chi connectivity index (χ3v) is 5.42. The molecule has 0 saturated heterocycles. The second kappa shape index (κ2) is 5.50. The van der Waals surface area contributed by atoms with Crippen molar-refractivity contribution in [2.45, 2.75) is 57.5 Å². The van der Waals surface area contributed by atoms with Crippen LogP contribution in [0.5, 0.6) is 0 Å². The van der Waals surface area contributed by atoms with Crippen LogP contribution in [0.25, 0.3) is 0 Å². The zero-order valence-corrected chi connectivity index (χ0v) is 12.5. The van der Waals surface area contributed by atoms with Crippen molar-refractivity contribution in [1.82, 2.24) is 0 Å². The summed E-state index contributed by atoms with van der Waals surface area (Å²) in [6.45, 7) is 2.89. The van der Waals surface area contributed by atoms with Gasteiger partial charge in [-0.3, -0.25) is 0 Å². The fourth-order valence-corrected chi connectivity index (χ4v) is 4.10. The average molecular weight is 273 g/mol. The lowest BCUT2D eigenvalue weighted by atomic mass is 9.65. The van der Waals surface area contributed by atoms with Crippen LogP contribution < -0.4 is 5.73 Å². The third-order valence-electron chi connectivity index (χ3n) is 5.42. The van der Waals surface area contributed by atoms with Gasteiger partial charge >= 0.3 is 0 Å². The SMILES string of the molecule is CC1CCCC(CN)(C(O)c2ccccc2C2CC2)C1. The normalized spacial score (nSPS) is 32.0. The summed E-state index contributed by atoms with van der Waals surface area (Å²) in [7, 11) is 0. The summed E-state index contributed by atoms with van der Waals surface area (Å²) in [5, 5.41) is 11.1. The van der Waals surface area contributed by atoms with Crippen LogP contribution in [0.15, 0.2) is 24.3 Å². The zero-order chi connectivity index (χ0) is 14.2. The van der Waals surface area contributed by atoms with Crippen molar-refractivity contribution in [1.29, 1.82) is 0 Å². The Hall–Kier alpha value is -0.860. The summed E-state index contributed by atoms with van der Waals surface area (Å²) in [6.07, 6.45) is 6.75. The van der Waals surface area contributed by atoms with Gasteiger partial charge in [-0.2, -0.15) is 0 Å². The smallest absolute Gasteiger partial charge is 0.0861 e. The highest BCUT2D eigenvalue weighted by Crippen LogP contribution is 2.50. The van der Waals surface area contributed by atoms with E-state index >= 15 is 0 Å². The summed E-state index contributed by atoms with van der Waals surface area (Å²) in [4.78, 5) is 0. The first-order chi connectivity index (χ1) is 9.66. The molecule has 0 aromatic heterocycles. The summed E-state index contributed by atoms with van der Waals surface area (Å²) in [5.74, 6) is 1.35. The lowest BCUT2D eigenvalue weighted by molar-refractivity contribution is -0.0135. The van der Waals surface area contributed by atoms with Crippen molar-refractivity contribution in [3.8, 4) is 0 Å². The third kappa shape index (κ3) is 2.51. The number of hydrogen-bond acceptors (Lipinski definition) is 2. The lowest BCUT2D eigenvalue weighted by Crippen LogP contribution is -2.41. The van der Waals surface area contributed by atoms with Crippen molar-refractivity contribution in [2.75, 3.05) is 6.54 Å². The van der Waals surface area contributed by atoms with Crippen LogP contribution in [0.1, 0.15) is 68.6 Å². The largest absolute Gasteiger partial charge is 0.388 e. The van der Waals surface area contributed by atoms with E-state index in [-0.39, 0.29) is 5.41 Å². The maximum atomic E-state index is 11.1. The molecular formula is C18H27NO. The van der Waals surface area contributed by atoms with E-state index in [0.717, 1.165) is 18.4 Å². The van der Waals surface area contributed by atoms with Crippen LogP contribution >= 0.6 is 0 Å². The van der Waals surface area contributed by atoms with E-state index in [1.807, 2.05) is 0 Å².